The predicted octanol–water partition coefficient (Wildman–Crippen LogP) is 2.54. The van der Waals surface area contributed by atoms with Crippen LogP contribution in [0.3, 0.4) is 0 Å². The third kappa shape index (κ3) is 2.35. The van der Waals surface area contributed by atoms with Crippen LogP contribution in [0.2, 0.25) is 0 Å². The van der Waals surface area contributed by atoms with Crippen molar-refractivity contribution in [3.63, 3.8) is 0 Å². The highest BCUT2D eigenvalue weighted by atomic mass is 19.1. The van der Waals surface area contributed by atoms with Crippen LogP contribution in [-0.2, 0) is 14.1 Å². The van der Waals surface area contributed by atoms with Gasteiger partial charge in [0.25, 0.3) is 0 Å². The molecule has 0 bridgehead atoms. The zero-order valence-electron chi connectivity index (χ0n) is 9.43. The van der Waals surface area contributed by atoms with Gasteiger partial charge in [0.05, 0.1) is 26.5 Å². The van der Waals surface area contributed by atoms with Crippen LogP contribution in [0.1, 0.15) is 0 Å². The topological polar surface area (TPSA) is 33.5 Å². The van der Waals surface area contributed by atoms with Gasteiger partial charge >= 0.3 is 5.95 Å². The van der Waals surface area contributed by atoms with E-state index >= 15 is 0 Å². The van der Waals surface area contributed by atoms with Gasteiger partial charge in [-0.2, -0.15) is 0 Å². The quantitative estimate of drug-likeness (QED) is 0.568. The van der Waals surface area contributed by atoms with Crippen molar-refractivity contribution in [2.45, 2.75) is 0 Å². The van der Waals surface area contributed by atoms with Crippen molar-refractivity contribution in [1.82, 2.24) is 4.57 Å². The molecule has 0 aliphatic heterocycles. The number of azo groups is 1. The molecule has 0 atom stereocenters. The van der Waals surface area contributed by atoms with E-state index in [1.165, 1.54) is 6.07 Å². The summed E-state index contributed by atoms with van der Waals surface area (Å²) in [4.78, 5) is 0. The van der Waals surface area contributed by atoms with Gasteiger partial charge in [0.1, 0.15) is 11.5 Å². The summed E-state index contributed by atoms with van der Waals surface area (Å²) in [6, 6.07) is 3.17. The maximum absolute atomic E-state index is 13.3. The molecule has 1 heterocycles. The van der Waals surface area contributed by atoms with Gasteiger partial charge in [-0.05, 0) is 12.1 Å². The molecule has 1 aromatic heterocycles. The van der Waals surface area contributed by atoms with Gasteiger partial charge in [0.2, 0.25) is 0 Å². The number of halogens is 2. The number of rotatable bonds is 2. The zero-order valence-corrected chi connectivity index (χ0v) is 9.43. The van der Waals surface area contributed by atoms with Crippen LogP contribution in [0.25, 0.3) is 0 Å². The fraction of sp³-hybridized carbons (Fsp3) is 0.182. The maximum Gasteiger partial charge on any atom is 0.421 e. The summed E-state index contributed by atoms with van der Waals surface area (Å²) in [5, 5.41) is 7.67. The van der Waals surface area contributed by atoms with Crippen molar-refractivity contribution < 1.29 is 13.3 Å². The number of imidazole rings is 1. The fourth-order valence-corrected chi connectivity index (χ4v) is 1.38. The second-order valence-electron chi connectivity index (χ2n) is 3.62. The molecule has 1 aromatic carbocycles. The first-order valence-electron chi connectivity index (χ1n) is 4.95. The smallest absolute Gasteiger partial charge is 0.233 e. The molecule has 0 aliphatic rings. The number of aryl methyl sites for hydroxylation is 2. The van der Waals surface area contributed by atoms with E-state index < -0.39 is 11.6 Å². The first kappa shape index (κ1) is 11.4. The molecule has 4 nitrogen and oxygen atoms in total. The Balaban J connectivity index is 2.32. The van der Waals surface area contributed by atoms with Crippen molar-refractivity contribution in [2.24, 2.45) is 24.3 Å². The average molecular weight is 237 g/mol. The highest BCUT2D eigenvalue weighted by molar-refractivity contribution is 5.38. The molecule has 6 heteroatoms. The minimum Gasteiger partial charge on any atom is -0.233 e. The molecule has 2 aromatic rings. The van der Waals surface area contributed by atoms with Crippen LogP contribution in [-0.4, -0.2) is 4.57 Å². The summed E-state index contributed by atoms with van der Waals surface area (Å²) in [5.41, 5.74) is 0.00704. The van der Waals surface area contributed by atoms with Crippen molar-refractivity contribution in [3.8, 4) is 0 Å². The van der Waals surface area contributed by atoms with Crippen molar-refractivity contribution in [2.75, 3.05) is 0 Å². The highest BCUT2D eigenvalue weighted by Crippen LogP contribution is 2.20. The van der Waals surface area contributed by atoms with E-state index in [2.05, 4.69) is 10.2 Å². The van der Waals surface area contributed by atoms with E-state index in [4.69, 9.17) is 0 Å². The predicted molar refractivity (Wildman–Crippen MR) is 57.1 cm³/mol. The fourth-order valence-electron chi connectivity index (χ4n) is 1.38. The van der Waals surface area contributed by atoms with Crippen molar-refractivity contribution in [3.05, 3.63) is 42.2 Å². The molecule has 0 spiro atoms. The Hall–Kier alpha value is -2.11. The molecule has 17 heavy (non-hydrogen) atoms. The Bertz CT molecular complexity index is 555. The Morgan fingerprint density at radius 1 is 1.24 bits per heavy atom. The van der Waals surface area contributed by atoms with Crippen LogP contribution in [0, 0.1) is 11.6 Å². The lowest BCUT2D eigenvalue weighted by molar-refractivity contribution is -0.657. The van der Waals surface area contributed by atoms with E-state index in [-0.39, 0.29) is 5.69 Å². The van der Waals surface area contributed by atoms with E-state index in [0.29, 0.717) is 5.95 Å². The average Bonchev–Trinajstić information content (AvgIpc) is 2.58. The third-order valence-electron chi connectivity index (χ3n) is 2.30. The molecule has 0 radical (unpaired) electrons. The summed E-state index contributed by atoms with van der Waals surface area (Å²) in [5.74, 6) is -0.801. The van der Waals surface area contributed by atoms with E-state index in [0.717, 1.165) is 12.1 Å². The highest BCUT2D eigenvalue weighted by Gasteiger charge is 2.11. The maximum atomic E-state index is 13.3. The molecule has 88 valence electrons. The second-order valence-corrected chi connectivity index (χ2v) is 3.62. The minimum atomic E-state index is -0.731. The minimum absolute atomic E-state index is 0.00704. The standard InChI is InChI=1S/C11H11F2N4/c1-16-5-6-17(2)11(16)15-14-10-4-3-8(12)7-9(10)13/h3-7H,1-2H3/q+1. The Labute approximate surface area is 96.8 Å². The van der Waals surface area contributed by atoms with Gasteiger partial charge < -0.3 is 0 Å². The van der Waals surface area contributed by atoms with Crippen LogP contribution in [0.4, 0.5) is 20.4 Å². The molecule has 0 saturated heterocycles. The summed E-state index contributed by atoms with van der Waals surface area (Å²) in [7, 11) is 3.60. The van der Waals surface area contributed by atoms with Gasteiger partial charge in [-0.3, -0.25) is 0 Å². The third-order valence-corrected chi connectivity index (χ3v) is 2.30. The summed E-state index contributed by atoms with van der Waals surface area (Å²) < 4.78 is 29.4. The lowest BCUT2D eigenvalue weighted by atomic mass is 10.3. The van der Waals surface area contributed by atoms with Crippen molar-refractivity contribution in [1.29, 1.82) is 0 Å². The van der Waals surface area contributed by atoms with Gasteiger partial charge in [-0.25, -0.2) is 17.9 Å². The monoisotopic (exact) mass is 237 g/mol. The zero-order chi connectivity index (χ0) is 12.4. The molecule has 0 fully saturated rings. The Morgan fingerprint density at radius 3 is 2.59 bits per heavy atom. The molecule has 0 N–H and O–H groups in total. The largest absolute Gasteiger partial charge is 0.421 e. The van der Waals surface area contributed by atoms with Crippen LogP contribution in [0.5, 0.6) is 0 Å². The molecule has 0 unspecified atom stereocenters. The van der Waals surface area contributed by atoms with Gasteiger partial charge in [0, 0.05) is 11.2 Å². The lowest BCUT2D eigenvalue weighted by Crippen LogP contribution is -2.25. The molecule has 0 amide bonds. The first-order chi connectivity index (χ1) is 8.08. The normalized spacial score (nSPS) is 11.3. The SMILES string of the molecule is Cn1cc[n+](C)c1N=Nc1ccc(F)cc1F. The second kappa shape index (κ2) is 4.40. The number of aromatic nitrogens is 2. The molecule has 0 saturated carbocycles. The van der Waals surface area contributed by atoms with E-state index in [1.807, 2.05) is 0 Å². The van der Waals surface area contributed by atoms with Gasteiger partial charge in [0.15, 0.2) is 5.82 Å². The number of hydrogen-bond acceptors (Lipinski definition) is 2. The number of nitrogens with zero attached hydrogens (tertiary/aromatic N) is 4. The van der Waals surface area contributed by atoms with Gasteiger partial charge in [-0.15, -0.1) is 0 Å². The van der Waals surface area contributed by atoms with Crippen molar-refractivity contribution >= 4 is 11.6 Å². The van der Waals surface area contributed by atoms with Gasteiger partial charge in [-0.1, -0.05) is 5.11 Å². The van der Waals surface area contributed by atoms with E-state index in [1.54, 1.807) is 35.6 Å². The lowest BCUT2D eigenvalue weighted by Gasteiger charge is -1.93. The summed E-state index contributed by atoms with van der Waals surface area (Å²) in [6.07, 6.45) is 3.60. The Kier molecular flexibility index (Phi) is 2.95. The molecular weight excluding hydrogens is 226 g/mol. The summed E-state index contributed by atoms with van der Waals surface area (Å²) >= 11 is 0. The molecular formula is C11H11F2N4+. The van der Waals surface area contributed by atoms with Crippen LogP contribution < -0.4 is 4.57 Å². The summed E-state index contributed by atoms with van der Waals surface area (Å²) in [6.45, 7) is 0. The number of hydrogen-bond donors (Lipinski definition) is 0. The van der Waals surface area contributed by atoms with Crippen LogP contribution >= 0.6 is 0 Å². The molecule has 0 aliphatic carbocycles. The first-order valence-corrected chi connectivity index (χ1v) is 4.95. The van der Waals surface area contributed by atoms with Crippen LogP contribution in [0.15, 0.2) is 40.8 Å². The van der Waals surface area contributed by atoms with E-state index in [9.17, 15) is 8.78 Å². The Morgan fingerprint density at radius 2 is 2.00 bits per heavy atom. The number of benzene rings is 1. The molecule has 2 rings (SSSR count).